The fourth-order valence-corrected chi connectivity index (χ4v) is 9.37. The van der Waals surface area contributed by atoms with E-state index in [-0.39, 0.29) is 19.6 Å². The number of hydrogen-bond donors (Lipinski definition) is 0. The van der Waals surface area contributed by atoms with Crippen molar-refractivity contribution in [3.63, 3.8) is 0 Å². The molecule has 1 heterocycles. The van der Waals surface area contributed by atoms with E-state index in [0.29, 0.717) is 11.1 Å². The lowest BCUT2D eigenvalue weighted by Crippen LogP contribution is -2.62. The summed E-state index contributed by atoms with van der Waals surface area (Å²) in [7, 11) is -17.9. The Morgan fingerprint density at radius 2 is 0.755 bits per heavy atom. The summed E-state index contributed by atoms with van der Waals surface area (Å²) in [6, 6.07) is 22.0. The maximum atomic E-state index is 13.8. The summed E-state index contributed by atoms with van der Waals surface area (Å²) in [5.74, 6) is 0. The fourth-order valence-electron chi connectivity index (χ4n) is 5.18. The molecule has 286 valence electrons. The van der Waals surface area contributed by atoms with E-state index in [4.69, 9.17) is 26.2 Å². The molecule has 1 saturated heterocycles. The van der Waals surface area contributed by atoms with Gasteiger partial charge in [0.15, 0.2) is 12.4 Å². The Bertz CT molecular complexity index is 2330. The van der Waals surface area contributed by atoms with Gasteiger partial charge in [0.1, 0.15) is 18.3 Å². The van der Waals surface area contributed by atoms with Gasteiger partial charge in [0.2, 0.25) is 0 Å². The van der Waals surface area contributed by atoms with Crippen molar-refractivity contribution in [3.05, 3.63) is 119 Å². The number of ether oxygens (including phenoxy) is 2. The van der Waals surface area contributed by atoms with Gasteiger partial charge in [-0.15, -0.1) is 0 Å². The molecule has 0 saturated carbocycles. The summed E-state index contributed by atoms with van der Waals surface area (Å²) in [4.78, 5) is -1.32. The summed E-state index contributed by atoms with van der Waals surface area (Å²) in [5.41, 5.74) is 2.90. The molecule has 0 amide bonds. The lowest BCUT2D eigenvalue weighted by atomic mass is 9.99. The number of hydrogen-bond acceptors (Lipinski definition) is 14. The van der Waals surface area contributed by atoms with Crippen LogP contribution in [0.2, 0.25) is 0 Å². The molecule has 0 bridgehead atoms. The van der Waals surface area contributed by atoms with Crippen molar-refractivity contribution in [2.24, 2.45) is 0 Å². The van der Waals surface area contributed by atoms with Crippen LogP contribution in [0.25, 0.3) is 0 Å². The summed E-state index contributed by atoms with van der Waals surface area (Å²) in [5, 5.41) is 0. The second-order valence-electron chi connectivity index (χ2n) is 12.3. The molecular formula is C35H38O14S4. The predicted molar refractivity (Wildman–Crippen MR) is 190 cm³/mol. The highest BCUT2D eigenvalue weighted by Crippen LogP contribution is 2.35. The summed E-state index contributed by atoms with van der Waals surface area (Å²) >= 11 is 0. The Labute approximate surface area is 310 Å². The van der Waals surface area contributed by atoms with E-state index in [9.17, 15) is 33.7 Å². The summed E-state index contributed by atoms with van der Waals surface area (Å²) in [6.45, 7) is 5.94. The Morgan fingerprint density at radius 1 is 0.453 bits per heavy atom. The molecule has 0 radical (unpaired) electrons. The molecule has 0 aromatic heterocycles. The topological polar surface area (TPSA) is 192 Å². The van der Waals surface area contributed by atoms with E-state index >= 15 is 0 Å². The van der Waals surface area contributed by atoms with Gasteiger partial charge >= 0.3 is 0 Å². The molecule has 14 nitrogen and oxygen atoms in total. The number of methoxy groups -OCH3 is 1. The van der Waals surface area contributed by atoms with E-state index in [1.54, 1.807) is 27.7 Å². The van der Waals surface area contributed by atoms with E-state index in [2.05, 4.69) is 0 Å². The summed E-state index contributed by atoms with van der Waals surface area (Å²) < 4.78 is 143. The Hall–Kier alpha value is -3.56. The largest absolute Gasteiger partial charge is 0.353 e. The van der Waals surface area contributed by atoms with Crippen LogP contribution in [-0.2, 0) is 66.7 Å². The molecule has 4 aromatic carbocycles. The molecule has 5 rings (SSSR count). The monoisotopic (exact) mass is 810 g/mol. The van der Waals surface area contributed by atoms with Crippen molar-refractivity contribution in [2.75, 3.05) is 13.7 Å². The van der Waals surface area contributed by atoms with Gasteiger partial charge in [0.25, 0.3) is 40.5 Å². The van der Waals surface area contributed by atoms with Crippen molar-refractivity contribution in [2.45, 2.75) is 78.0 Å². The van der Waals surface area contributed by atoms with Crippen LogP contribution in [0, 0.1) is 27.7 Å². The van der Waals surface area contributed by atoms with Gasteiger partial charge in [-0.2, -0.15) is 33.7 Å². The minimum Gasteiger partial charge on any atom is -0.353 e. The third-order valence-corrected chi connectivity index (χ3v) is 13.4. The molecule has 53 heavy (non-hydrogen) atoms. The van der Waals surface area contributed by atoms with Crippen molar-refractivity contribution < 1.29 is 59.9 Å². The lowest BCUT2D eigenvalue weighted by Gasteiger charge is -2.43. The smallest absolute Gasteiger partial charge is 0.297 e. The van der Waals surface area contributed by atoms with Crippen LogP contribution in [0.1, 0.15) is 22.3 Å². The average molecular weight is 811 g/mol. The standard InChI is InChI=1S/C35H38O14S4/c1-23-6-14-27(15-7-23)50(36,37)45-22-31-32(47-51(38,39)28-16-8-24(2)9-17-28)33(48-52(40,41)29-18-10-25(3)11-19-29)34(35(44-5)46-31)49-53(42,43)30-20-12-26(4)13-21-30/h6-21,31-35H,22H2,1-5H3/t31-,32-,33+,34-,35-/m1/s1. The molecule has 4 aromatic rings. The first kappa shape index (κ1) is 40.6. The second kappa shape index (κ2) is 16.0. The highest BCUT2D eigenvalue weighted by Gasteiger charge is 2.54. The Kier molecular flexibility index (Phi) is 12.3. The van der Waals surface area contributed by atoms with Gasteiger partial charge in [-0.25, -0.2) is 0 Å². The van der Waals surface area contributed by atoms with Gasteiger partial charge < -0.3 is 9.47 Å². The minimum atomic E-state index is -4.86. The van der Waals surface area contributed by atoms with Gasteiger partial charge in [-0.05, 0) is 76.2 Å². The lowest BCUT2D eigenvalue weighted by molar-refractivity contribution is -0.277. The van der Waals surface area contributed by atoms with E-state index in [1.165, 1.54) is 97.1 Å². The molecule has 1 fully saturated rings. The first-order valence-corrected chi connectivity index (χ1v) is 21.6. The first-order valence-electron chi connectivity index (χ1n) is 16.0. The van der Waals surface area contributed by atoms with Crippen LogP contribution in [0.15, 0.2) is 117 Å². The SMILES string of the molecule is CO[C@@H]1O[C@H](COS(=O)(=O)c2ccc(C)cc2)[C@@H](OS(=O)(=O)c2ccc(C)cc2)[C@H](OS(=O)(=O)c2ccc(C)cc2)[C@H]1OS(=O)(=O)c1ccc(C)cc1. The third-order valence-electron chi connectivity index (χ3n) is 8.16. The van der Waals surface area contributed by atoms with E-state index in [0.717, 1.165) is 18.2 Å². The fraction of sp³-hybridized carbons (Fsp3) is 0.314. The number of benzene rings is 4. The van der Waals surface area contributed by atoms with Crippen molar-refractivity contribution in [1.29, 1.82) is 0 Å². The van der Waals surface area contributed by atoms with Crippen molar-refractivity contribution in [3.8, 4) is 0 Å². The zero-order valence-corrected chi connectivity index (χ0v) is 32.4. The number of aryl methyl sites for hydroxylation is 4. The summed E-state index contributed by atoms with van der Waals surface area (Å²) in [6.07, 6.45) is -9.98. The van der Waals surface area contributed by atoms with E-state index in [1.807, 2.05) is 0 Å². The highest BCUT2D eigenvalue weighted by molar-refractivity contribution is 7.87. The number of rotatable bonds is 14. The van der Waals surface area contributed by atoms with Crippen LogP contribution in [0.4, 0.5) is 0 Å². The van der Waals surface area contributed by atoms with E-state index < -0.39 is 77.8 Å². The molecule has 0 aliphatic carbocycles. The molecule has 5 atom stereocenters. The zero-order chi connectivity index (χ0) is 38.8. The average Bonchev–Trinajstić information content (AvgIpc) is 3.10. The van der Waals surface area contributed by atoms with Crippen LogP contribution in [-0.4, -0.2) is 78.1 Å². The normalized spacial score (nSPS) is 21.3. The third kappa shape index (κ3) is 9.76. The molecule has 18 heteroatoms. The molecule has 0 unspecified atom stereocenters. The van der Waals surface area contributed by atoms with Gasteiger partial charge in [0.05, 0.1) is 26.2 Å². The Balaban J connectivity index is 1.63. The molecule has 1 aliphatic rings. The van der Waals surface area contributed by atoms with Crippen molar-refractivity contribution in [1.82, 2.24) is 0 Å². The maximum Gasteiger partial charge on any atom is 0.297 e. The van der Waals surface area contributed by atoms with Gasteiger partial charge in [0, 0.05) is 7.11 Å². The van der Waals surface area contributed by atoms with Crippen LogP contribution < -0.4 is 0 Å². The first-order chi connectivity index (χ1) is 24.8. The minimum absolute atomic E-state index is 0.243. The molecule has 0 spiro atoms. The molecular weight excluding hydrogens is 773 g/mol. The van der Waals surface area contributed by atoms with Gasteiger partial charge in [-0.3, -0.25) is 16.7 Å². The predicted octanol–water partition coefficient (Wildman–Crippen LogP) is 4.32. The van der Waals surface area contributed by atoms with Crippen molar-refractivity contribution >= 4 is 40.5 Å². The van der Waals surface area contributed by atoms with Gasteiger partial charge in [-0.1, -0.05) is 70.8 Å². The van der Waals surface area contributed by atoms with Crippen LogP contribution >= 0.6 is 0 Å². The second-order valence-corrected chi connectivity index (χ2v) is 18.6. The maximum absolute atomic E-state index is 13.8. The zero-order valence-electron chi connectivity index (χ0n) is 29.2. The highest BCUT2D eigenvalue weighted by atomic mass is 32.2. The Morgan fingerprint density at radius 3 is 1.09 bits per heavy atom. The molecule has 1 aliphatic heterocycles. The van der Waals surface area contributed by atoms with Crippen LogP contribution in [0.3, 0.4) is 0 Å². The van der Waals surface area contributed by atoms with Crippen LogP contribution in [0.5, 0.6) is 0 Å². The molecule has 0 N–H and O–H groups in total. The quantitative estimate of drug-likeness (QED) is 0.164.